The minimum absolute atomic E-state index is 0.0585. The molecule has 0 aromatic heterocycles. The van der Waals surface area contributed by atoms with Gasteiger partial charge < -0.3 is 16.0 Å². The van der Waals surface area contributed by atoms with Crippen LogP contribution in [0.4, 0.5) is 16.2 Å². The Bertz CT molecular complexity index is 908. The Balaban J connectivity index is 1.68. The van der Waals surface area contributed by atoms with Crippen molar-refractivity contribution >= 4 is 23.3 Å². The lowest BCUT2D eigenvalue weighted by molar-refractivity contribution is -0.385. The van der Waals surface area contributed by atoms with E-state index in [-0.39, 0.29) is 11.6 Å². The van der Waals surface area contributed by atoms with E-state index in [4.69, 9.17) is 0 Å². The lowest BCUT2D eigenvalue weighted by Gasteiger charge is -2.29. The molecule has 1 saturated carbocycles. The van der Waals surface area contributed by atoms with E-state index in [0.29, 0.717) is 30.6 Å². The van der Waals surface area contributed by atoms with Crippen molar-refractivity contribution in [2.75, 3.05) is 5.32 Å². The second-order valence-electron chi connectivity index (χ2n) is 7.29. The number of anilines is 1. The van der Waals surface area contributed by atoms with Crippen LogP contribution < -0.4 is 16.0 Å². The van der Waals surface area contributed by atoms with Gasteiger partial charge in [-0.05, 0) is 31.4 Å². The van der Waals surface area contributed by atoms with Gasteiger partial charge >= 0.3 is 6.03 Å². The van der Waals surface area contributed by atoms with Crippen molar-refractivity contribution in [1.29, 1.82) is 0 Å². The van der Waals surface area contributed by atoms with Crippen LogP contribution in [0.25, 0.3) is 0 Å². The van der Waals surface area contributed by atoms with Crippen LogP contribution in [0, 0.1) is 17.0 Å². The van der Waals surface area contributed by atoms with Crippen LogP contribution in [-0.2, 0) is 11.3 Å². The summed E-state index contributed by atoms with van der Waals surface area (Å²) < 4.78 is 0. The average Bonchev–Trinajstić information content (AvgIpc) is 3.18. The highest BCUT2D eigenvalue weighted by Crippen LogP contribution is 2.31. The summed E-state index contributed by atoms with van der Waals surface area (Å²) in [5, 5.41) is 19.5. The van der Waals surface area contributed by atoms with Crippen molar-refractivity contribution in [2.45, 2.75) is 44.7 Å². The van der Waals surface area contributed by atoms with Gasteiger partial charge in [-0.25, -0.2) is 4.79 Å². The van der Waals surface area contributed by atoms with Crippen LogP contribution in [0.5, 0.6) is 0 Å². The van der Waals surface area contributed by atoms with E-state index in [2.05, 4.69) is 16.0 Å². The number of nitro groups is 1. The molecule has 29 heavy (non-hydrogen) atoms. The molecule has 1 aliphatic rings. The van der Waals surface area contributed by atoms with Crippen molar-refractivity contribution in [3.05, 3.63) is 69.8 Å². The largest absolute Gasteiger partial charge is 0.334 e. The number of nitrogens with zero attached hydrogens (tertiary/aromatic N) is 1. The third kappa shape index (κ3) is 4.90. The van der Waals surface area contributed by atoms with Crippen LogP contribution in [0.2, 0.25) is 0 Å². The van der Waals surface area contributed by atoms with E-state index < -0.39 is 16.5 Å². The Kier molecular flexibility index (Phi) is 6.11. The number of hydrogen-bond donors (Lipinski definition) is 3. The van der Waals surface area contributed by atoms with E-state index in [9.17, 15) is 19.7 Å². The van der Waals surface area contributed by atoms with Gasteiger partial charge in [0.05, 0.1) is 4.92 Å². The number of urea groups is 1. The Hall–Kier alpha value is -3.42. The van der Waals surface area contributed by atoms with Crippen LogP contribution in [-0.4, -0.2) is 22.4 Å². The number of carbonyl (C=O) groups is 2. The minimum atomic E-state index is -1.03. The SMILES string of the molecule is Cc1ccc(NC(=O)C2(NC(=O)NCc3ccccc3)CCCC2)cc1[N+](=O)[O-]. The minimum Gasteiger partial charge on any atom is -0.334 e. The Morgan fingerprint density at radius 2 is 1.79 bits per heavy atom. The first-order chi connectivity index (χ1) is 13.9. The van der Waals surface area contributed by atoms with Crippen molar-refractivity contribution in [2.24, 2.45) is 0 Å². The van der Waals surface area contributed by atoms with E-state index in [1.54, 1.807) is 19.1 Å². The number of amides is 3. The zero-order chi connectivity index (χ0) is 20.9. The highest BCUT2D eigenvalue weighted by atomic mass is 16.6. The van der Waals surface area contributed by atoms with Crippen LogP contribution in [0.3, 0.4) is 0 Å². The molecule has 1 fully saturated rings. The first-order valence-corrected chi connectivity index (χ1v) is 9.56. The van der Waals surface area contributed by atoms with Gasteiger partial charge in [0.1, 0.15) is 5.54 Å². The Morgan fingerprint density at radius 1 is 1.10 bits per heavy atom. The van der Waals surface area contributed by atoms with Gasteiger partial charge in [-0.1, -0.05) is 49.2 Å². The molecule has 8 nitrogen and oxygen atoms in total. The predicted octanol–water partition coefficient (Wildman–Crippen LogP) is 3.65. The monoisotopic (exact) mass is 396 g/mol. The molecule has 1 aliphatic carbocycles. The van der Waals surface area contributed by atoms with E-state index in [1.165, 1.54) is 6.07 Å². The number of nitro benzene ring substituents is 1. The van der Waals surface area contributed by atoms with Crippen molar-refractivity contribution in [3.8, 4) is 0 Å². The Labute approximate surface area is 168 Å². The standard InChI is InChI=1S/C21H24N4O4/c1-15-9-10-17(13-18(15)25(28)29)23-19(26)21(11-5-6-12-21)24-20(27)22-14-16-7-3-2-4-8-16/h2-4,7-10,13H,5-6,11-12,14H2,1H3,(H,23,26)(H2,22,24,27). The molecule has 0 aliphatic heterocycles. The number of nitrogens with one attached hydrogen (secondary N) is 3. The van der Waals surface area contributed by atoms with Gasteiger partial charge in [0, 0.05) is 23.9 Å². The van der Waals surface area contributed by atoms with Gasteiger partial charge in [-0.2, -0.15) is 0 Å². The van der Waals surface area contributed by atoms with E-state index in [1.807, 2.05) is 30.3 Å². The highest BCUT2D eigenvalue weighted by molar-refractivity contribution is 6.00. The van der Waals surface area contributed by atoms with Crippen molar-refractivity contribution in [3.63, 3.8) is 0 Å². The third-order valence-corrected chi connectivity index (χ3v) is 5.20. The molecule has 0 spiro atoms. The van der Waals surface area contributed by atoms with E-state index >= 15 is 0 Å². The summed E-state index contributed by atoms with van der Waals surface area (Å²) in [6, 6.07) is 13.6. The third-order valence-electron chi connectivity index (χ3n) is 5.20. The van der Waals surface area contributed by atoms with Gasteiger partial charge in [-0.15, -0.1) is 0 Å². The summed E-state index contributed by atoms with van der Waals surface area (Å²) in [5.41, 5.74) is 0.726. The average molecular weight is 396 g/mol. The lowest BCUT2D eigenvalue weighted by Crippen LogP contribution is -2.57. The molecular formula is C21H24N4O4. The molecule has 0 radical (unpaired) electrons. The second kappa shape index (κ2) is 8.72. The summed E-state index contributed by atoms with van der Waals surface area (Å²) in [7, 11) is 0. The first kappa shape index (κ1) is 20.3. The van der Waals surface area contributed by atoms with Crippen LogP contribution in [0.15, 0.2) is 48.5 Å². The molecule has 0 bridgehead atoms. The zero-order valence-corrected chi connectivity index (χ0v) is 16.2. The number of hydrogen-bond acceptors (Lipinski definition) is 4. The smallest absolute Gasteiger partial charge is 0.315 e. The van der Waals surface area contributed by atoms with Gasteiger partial charge in [0.15, 0.2) is 0 Å². The molecule has 152 valence electrons. The molecule has 0 unspecified atom stereocenters. The number of rotatable bonds is 6. The number of aryl methyl sites for hydroxylation is 1. The first-order valence-electron chi connectivity index (χ1n) is 9.56. The zero-order valence-electron chi connectivity index (χ0n) is 16.2. The summed E-state index contributed by atoms with van der Waals surface area (Å²) in [6.45, 7) is 2.00. The summed E-state index contributed by atoms with van der Waals surface area (Å²) >= 11 is 0. The predicted molar refractivity (Wildman–Crippen MR) is 109 cm³/mol. The number of benzene rings is 2. The summed E-state index contributed by atoms with van der Waals surface area (Å²) in [4.78, 5) is 36.1. The fourth-order valence-electron chi connectivity index (χ4n) is 3.56. The quantitative estimate of drug-likeness (QED) is 0.511. The Morgan fingerprint density at radius 3 is 2.45 bits per heavy atom. The molecule has 2 aromatic carbocycles. The topological polar surface area (TPSA) is 113 Å². The fraction of sp³-hybridized carbons (Fsp3) is 0.333. The van der Waals surface area contributed by atoms with Crippen LogP contribution in [0.1, 0.15) is 36.8 Å². The maximum Gasteiger partial charge on any atom is 0.315 e. The molecule has 0 atom stereocenters. The molecular weight excluding hydrogens is 372 g/mol. The van der Waals surface area contributed by atoms with E-state index in [0.717, 1.165) is 18.4 Å². The lowest BCUT2D eigenvalue weighted by atomic mass is 9.96. The van der Waals surface area contributed by atoms with Crippen molar-refractivity contribution in [1.82, 2.24) is 10.6 Å². The van der Waals surface area contributed by atoms with Crippen LogP contribution >= 0.6 is 0 Å². The maximum absolute atomic E-state index is 13.0. The number of carbonyl (C=O) groups excluding carboxylic acids is 2. The summed E-state index contributed by atoms with van der Waals surface area (Å²) in [5.74, 6) is -0.358. The van der Waals surface area contributed by atoms with Gasteiger partial charge in [0.25, 0.3) is 5.69 Å². The second-order valence-corrected chi connectivity index (χ2v) is 7.29. The van der Waals surface area contributed by atoms with Gasteiger partial charge in [0.2, 0.25) is 5.91 Å². The molecule has 0 saturated heterocycles. The molecule has 0 heterocycles. The molecule has 8 heteroatoms. The molecule has 3 N–H and O–H groups in total. The molecule has 3 amide bonds. The molecule has 3 rings (SSSR count). The maximum atomic E-state index is 13.0. The van der Waals surface area contributed by atoms with Crippen molar-refractivity contribution < 1.29 is 14.5 Å². The molecule has 2 aromatic rings. The van der Waals surface area contributed by atoms with Gasteiger partial charge in [-0.3, -0.25) is 14.9 Å². The fourth-order valence-corrected chi connectivity index (χ4v) is 3.56. The normalized spacial score (nSPS) is 14.8. The highest BCUT2D eigenvalue weighted by Gasteiger charge is 2.42. The summed E-state index contributed by atoms with van der Waals surface area (Å²) in [6.07, 6.45) is 2.68.